The summed E-state index contributed by atoms with van der Waals surface area (Å²) >= 11 is 0. The maximum absolute atomic E-state index is 15.0. The first-order chi connectivity index (χ1) is 16.0. The number of benzene rings is 1. The molecule has 1 saturated heterocycles. The zero-order valence-corrected chi connectivity index (χ0v) is 18.1. The first-order valence-corrected chi connectivity index (χ1v) is 10.8. The fraction of sp³-hybridized carbons (Fsp3) is 0.292. The number of ether oxygens (including phenoxy) is 1. The van der Waals surface area contributed by atoms with Crippen molar-refractivity contribution < 1.29 is 18.6 Å². The third-order valence-electron chi connectivity index (χ3n) is 5.86. The van der Waals surface area contributed by atoms with Crippen LogP contribution < -0.4 is 5.32 Å². The molecule has 2 aliphatic rings. The fourth-order valence-corrected chi connectivity index (χ4v) is 4.10. The number of hydrogen-bond donors (Lipinski definition) is 3. The zero-order chi connectivity index (χ0) is 22.9. The Morgan fingerprint density at radius 1 is 1.21 bits per heavy atom. The van der Waals surface area contributed by atoms with Gasteiger partial charge < -0.3 is 15.2 Å². The quantitative estimate of drug-likeness (QED) is 0.539. The minimum atomic E-state index is -0.861. The molecule has 3 N–H and O–H groups in total. The highest BCUT2D eigenvalue weighted by atomic mass is 19.1. The Morgan fingerprint density at radius 3 is 2.94 bits per heavy atom. The molecule has 9 heteroatoms. The van der Waals surface area contributed by atoms with Gasteiger partial charge in [0.1, 0.15) is 28.9 Å². The summed E-state index contributed by atoms with van der Waals surface area (Å²) in [6, 6.07) is 4.23. The van der Waals surface area contributed by atoms with Gasteiger partial charge in [0, 0.05) is 17.7 Å². The van der Waals surface area contributed by atoms with Crippen molar-refractivity contribution in [2.45, 2.75) is 32.8 Å². The van der Waals surface area contributed by atoms with E-state index < -0.39 is 18.2 Å². The molecule has 2 aliphatic heterocycles. The highest BCUT2D eigenvalue weighted by molar-refractivity contribution is 6.13. The molecule has 170 valence electrons. The predicted molar refractivity (Wildman–Crippen MR) is 121 cm³/mol. The molecule has 0 amide bonds. The molecule has 5 rings (SSSR count). The van der Waals surface area contributed by atoms with Crippen molar-refractivity contribution in [3.05, 3.63) is 64.1 Å². The molecule has 0 radical (unpaired) electrons. The predicted octanol–water partition coefficient (Wildman–Crippen LogP) is 4.64. The Morgan fingerprint density at radius 2 is 2.09 bits per heavy atom. The van der Waals surface area contributed by atoms with Crippen molar-refractivity contribution in [3.63, 3.8) is 0 Å². The summed E-state index contributed by atoms with van der Waals surface area (Å²) in [4.78, 5) is 9.07. The van der Waals surface area contributed by atoms with E-state index in [0.717, 1.165) is 43.2 Å². The number of H-pyrrole nitrogens is 1. The Hall–Kier alpha value is -3.43. The molecule has 0 unspecified atom stereocenters. The molecule has 4 heterocycles. The normalized spacial score (nSPS) is 17.0. The third-order valence-corrected chi connectivity index (χ3v) is 5.86. The van der Waals surface area contributed by atoms with E-state index in [1.807, 2.05) is 6.07 Å². The van der Waals surface area contributed by atoms with Gasteiger partial charge in [-0.2, -0.15) is 5.10 Å². The highest BCUT2D eigenvalue weighted by Gasteiger charge is 2.26. The number of aliphatic imine (C=N–C) groups is 1. The van der Waals surface area contributed by atoms with Gasteiger partial charge in [-0.15, -0.1) is 0 Å². The lowest BCUT2D eigenvalue weighted by molar-refractivity contribution is 0.146. The van der Waals surface area contributed by atoms with Crippen LogP contribution in [0.1, 0.15) is 41.8 Å². The second-order valence-electron chi connectivity index (χ2n) is 8.11. The van der Waals surface area contributed by atoms with Crippen LogP contribution in [0.5, 0.6) is 0 Å². The summed E-state index contributed by atoms with van der Waals surface area (Å²) < 4.78 is 35.3. The van der Waals surface area contributed by atoms with E-state index in [-0.39, 0.29) is 17.0 Å². The van der Waals surface area contributed by atoms with E-state index in [0.29, 0.717) is 29.4 Å². The lowest BCUT2D eigenvalue weighted by atomic mass is 10.0. The largest absolute Gasteiger partial charge is 0.392 e. The van der Waals surface area contributed by atoms with Gasteiger partial charge in [0.05, 0.1) is 42.0 Å². The number of hydrogen-bond acceptors (Lipinski definition) is 6. The SMILES string of the molecule is Cc1[nH]nc2c1N=C(c1c(F)ccc(CO)c1F)Nc1cnc(/C=C3/CCCOCC3)cc1-2. The molecule has 7 nitrogen and oxygen atoms in total. The fourth-order valence-electron chi connectivity index (χ4n) is 4.10. The Labute approximate surface area is 189 Å². The van der Waals surface area contributed by atoms with Crippen LogP contribution in [0, 0.1) is 18.6 Å². The number of amidine groups is 1. The molecule has 33 heavy (non-hydrogen) atoms. The lowest BCUT2D eigenvalue weighted by Crippen LogP contribution is -2.18. The number of aliphatic hydroxyl groups excluding tert-OH is 1. The number of nitrogens with zero attached hydrogens (tertiary/aromatic N) is 3. The Kier molecular flexibility index (Phi) is 5.74. The van der Waals surface area contributed by atoms with Gasteiger partial charge >= 0.3 is 0 Å². The van der Waals surface area contributed by atoms with E-state index in [2.05, 4.69) is 31.6 Å². The topological polar surface area (TPSA) is 95.4 Å². The van der Waals surface area contributed by atoms with Gasteiger partial charge in [-0.25, -0.2) is 13.8 Å². The highest BCUT2D eigenvalue weighted by Crippen LogP contribution is 2.39. The summed E-state index contributed by atoms with van der Waals surface area (Å²) in [5, 5.41) is 19.8. The van der Waals surface area contributed by atoms with Crippen molar-refractivity contribution in [3.8, 4) is 11.3 Å². The van der Waals surface area contributed by atoms with Crippen LogP contribution >= 0.6 is 0 Å². The van der Waals surface area contributed by atoms with Crippen LogP contribution in [-0.4, -0.2) is 39.3 Å². The molecule has 0 saturated carbocycles. The van der Waals surface area contributed by atoms with Crippen LogP contribution in [-0.2, 0) is 11.3 Å². The molecule has 2 aromatic heterocycles. The summed E-state index contributed by atoms with van der Waals surface area (Å²) in [6.07, 6.45) is 6.47. The van der Waals surface area contributed by atoms with Crippen molar-refractivity contribution in [2.24, 2.45) is 4.99 Å². The van der Waals surface area contributed by atoms with Crippen molar-refractivity contribution >= 4 is 23.3 Å². The van der Waals surface area contributed by atoms with E-state index in [1.165, 1.54) is 11.6 Å². The van der Waals surface area contributed by atoms with E-state index in [4.69, 9.17) is 4.74 Å². The minimum Gasteiger partial charge on any atom is -0.392 e. The van der Waals surface area contributed by atoms with Crippen molar-refractivity contribution in [1.29, 1.82) is 0 Å². The van der Waals surface area contributed by atoms with Gasteiger partial charge in [0.25, 0.3) is 0 Å². The smallest absolute Gasteiger partial charge is 0.144 e. The van der Waals surface area contributed by atoms with Gasteiger partial charge in [-0.1, -0.05) is 11.6 Å². The molecule has 0 bridgehead atoms. The van der Waals surface area contributed by atoms with Crippen molar-refractivity contribution in [2.75, 3.05) is 18.5 Å². The number of fused-ring (bicyclic) bond motifs is 3. The molecule has 0 spiro atoms. The monoisotopic (exact) mass is 451 g/mol. The van der Waals surface area contributed by atoms with E-state index in [1.54, 1.807) is 13.1 Å². The molecule has 3 aromatic rings. The van der Waals surface area contributed by atoms with Crippen LogP contribution in [0.3, 0.4) is 0 Å². The number of aliphatic hydroxyl groups is 1. The number of anilines is 1. The molecule has 1 aromatic carbocycles. The van der Waals surface area contributed by atoms with Gasteiger partial charge in [0.15, 0.2) is 0 Å². The maximum atomic E-state index is 15.0. The molecule has 1 fully saturated rings. The van der Waals surface area contributed by atoms with Crippen LogP contribution in [0.2, 0.25) is 0 Å². The van der Waals surface area contributed by atoms with Crippen LogP contribution in [0.4, 0.5) is 20.2 Å². The molecular weight excluding hydrogens is 428 g/mol. The number of pyridine rings is 1. The van der Waals surface area contributed by atoms with Crippen LogP contribution in [0.15, 0.2) is 35.0 Å². The average molecular weight is 451 g/mol. The average Bonchev–Trinajstić information content (AvgIpc) is 2.97. The number of aryl methyl sites for hydroxylation is 1. The van der Waals surface area contributed by atoms with E-state index >= 15 is 4.39 Å². The number of aromatic nitrogens is 3. The Bertz CT molecular complexity index is 1270. The zero-order valence-electron chi connectivity index (χ0n) is 18.1. The second-order valence-corrected chi connectivity index (χ2v) is 8.11. The number of aromatic amines is 1. The second kappa shape index (κ2) is 8.84. The first kappa shape index (κ1) is 21.4. The maximum Gasteiger partial charge on any atom is 0.144 e. The van der Waals surface area contributed by atoms with Gasteiger partial charge in [-0.3, -0.25) is 10.1 Å². The third kappa shape index (κ3) is 4.05. The summed E-state index contributed by atoms with van der Waals surface area (Å²) in [5.41, 5.74) is 4.63. The van der Waals surface area contributed by atoms with Crippen LogP contribution in [0.25, 0.3) is 17.3 Å². The molecular formula is C24H23F2N5O2. The Balaban J connectivity index is 1.62. The van der Waals surface area contributed by atoms with Gasteiger partial charge in [0.2, 0.25) is 0 Å². The standard InChI is InChI=1S/C24H23F2N5O2/c1-13-22-23(31-30-13)17-10-16(9-14-3-2-7-33-8-6-14)27-11-19(17)28-24(29-22)20-18(25)5-4-15(12-32)21(20)26/h4-5,9-11,32H,2-3,6-8,12H2,1H3,(H,28,29)(H,30,31)/b14-9-. The summed E-state index contributed by atoms with van der Waals surface area (Å²) in [5.74, 6) is -1.66. The van der Waals surface area contributed by atoms with Crippen molar-refractivity contribution in [1.82, 2.24) is 15.2 Å². The summed E-state index contributed by atoms with van der Waals surface area (Å²) in [6.45, 7) is 2.70. The number of nitrogens with one attached hydrogen (secondary N) is 2. The lowest BCUT2D eigenvalue weighted by Gasteiger charge is -2.13. The summed E-state index contributed by atoms with van der Waals surface area (Å²) in [7, 11) is 0. The first-order valence-electron chi connectivity index (χ1n) is 10.8. The minimum absolute atomic E-state index is 0.0152. The van der Waals surface area contributed by atoms with E-state index in [9.17, 15) is 9.50 Å². The van der Waals surface area contributed by atoms with Gasteiger partial charge in [-0.05, 0) is 44.4 Å². The molecule has 0 atom stereocenters. The molecule has 0 aliphatic carbocycles. The number of halogens is 2. The number of rotatable bonds is 3.